The van der Waals surface area contributed by atoms with Crippen molar-refractivity contribution in [3.63, 3.8) is 0 Å². The SMILES string of the molecule is Cl.Cl.NCc1csc(Cc2ccc(Cl)cc2)n1. The Labute approximate surface area is 122 Å². The molecule has 2 aromatic rings. The number of halogens is 3. The first-order valence-corrected chi connectivity index (χ1v) is 5.91. The Balaban J connectivity index is 0.00000128. The Morgan fingerprint density at radius 2 is 1.82 bits per heavy atom. The maximum Gasteiger partial charge on any atom is 0.0972 e. The van der Waals surface area contributed by atoms with Crippen molar-refractivity contribution in [3.05, 3.63) is 50.9 Å². The first kappa shape index (κ1) is 16.7. The van der Waals surface area contributed by atoms with Gasteiger partial charge in [-0.2, -0.15) is 0 Å². The number of thiazole rings is 1. The summed E-state index contributed by atoms with van der Waals surface area (Å²) >= 11 is 7.46. The fourth-order valence-corrected chi connectivity index (χ4v) is 2.27. The lowest BCUT2D eigenvalue weighted by atomic mass is 10.2. The molecule has 94 valence electrons. The van der Waals surface area contributed by atoms with Gasteiger partial charge in [0.05, 0.1) is 10.7 Å². The minimum Gasteiger partial charge on any atom is -0.325 e. The highest BCUT2D eigenvalue weighted by molar-refractivity contribution is 7.09. The predicted octanol–water partition coefficient (Wildman–Crippen LogP) is 3.69. The zero-order valence-corrected chi connectivity index (χ0v) is 12.1. The number of nitrogens with zero attached hydrogens (tertiary/aromatic N) is 1. The van der Waals surface area contributed by atoms with Gasteiger partial charge in [-0.3, -0.25) is 0 Å². The Morgan fingerprint density at radius 3 is 2.35 bits per heavy atom. The normalized spacial score (nSPS) is 9.29. The molecule has 0 unspecified atom stereocenters. The summed E-state index contributed by atoms with van der Waals surface area (Å²) in [4.78, 5) is 4.41. The first-order chi connectivity index (χ1) is 7.28. The van der Waals surface area contributed by atoms with Crippen LogP contribution in [0.1, 0.15) is 16.3 Å². The predicted molar refractivity (Wildman–Crippen MR) is 78.8 cm³/mol. The molecule has 6 heteroatoms. The summed E-state index contributed by atoms with van der Waals surface area (Å²) in [5.41, 5.74) is 7.68. The molecule has 0 aliphatic heterocycles. The third kappa shape index (κ3) is 4.82. The summed E-state index contributed by atoms with van der Waals surface area (Å²) in [6.07, 6.45) is 0.849. The molecule has 0 bridgehead atoms. The molecule has 0 saturated heterocycles. The van der Waals surface area contributed by atoms with Gasteiger partial charge >= 0.3 is 0 Å². The van der Waals surface area contributed by atoms with Gasteiger partial charge in [0.1, 0.15) is 0 Å². The second-order valence-electron chi connectivity index (χ2n) is 3.24. The van der Waals surface area contributed by atoms with Crippen molar-refractivity contribution in [3.8, 4) is 0 Å². The molecule has 2 rings (SSSR count). The fraction of sp³-hybridized carbons (Fsp3) is 0.182. The first-order valence-electron chi connectivity index (χ1n) is 4.65. The molecular formula is C11H13Cl3N2S. The Bertz CT molecular complexity index is 442. The maximum absolute atomic E-state index is 5.81. The highest BCUT2D eigenvalue weighted by Crippen LogP contribution is 2.16. The van der Waals surface area contributed by atoms with E-state index in [1.807, 2.05) is 29.6 Å². The molecule has 0 spiro atoms. The number of hydrogen-bond donors (Lipinski definition) is 1. The smallest absolute Gasteiger partial charge is 0.0972 e. The van der Waals surface area contributed by atoms with E-state index in [4.69, 9.17) is 17.3 Å². The minimum absolute atomic E-state index is 0. The zero-order valence-electron chi connectivity index (χ0n) is 8.93. The van der Waals surface area contributed by atoms with Gasteiger partial charge in [-0.1, -0.05) is 23.7 Å². The Hall–Kier alpha value is -0.320. The van der Waals surface area contributed by atoms with Gasteiger partial charge in [0.15, 0.2) is 0 Å². The summed E-state index contributed by atoms with van der Waals surface area (Å²) in [6.45, 7) is 0.511. The number of nitrogens with two attached hydrogens (primary N) is 1. The third-order valence-corrected chi connectivity index (χ3v) is 3.23. The standard InChI is InChI=1S/C11H11ClN2S.2ClH/c12-9-3-1-8(2-4-9)5-11-14-10(6-13)7-15-11;;/h1-4,7H,5-6,13H2;2*1H. The lowest BCUT2D eigenvalue weighted by Crippen LogP contribution is -1.96. The molecule has 17 heavy (non-hydrogen) atoms. The van der Waals surface area contributed by atoms with Crippen LogP contribution in [0, 0.1) is 0 Å². The van der Waals surface area contributed by atoms with Crippen LogP contribution in [-0.4, -0.2) is 4.98 Å². The highest BCUT2D eigenvalue weighted by Gasteiger charge is 2.01. The fourth-order valence-electron chi connectivity index (χ4n) is 1.30. The van der Waals surface area contributed by atoms with Gasteiger partial charge in [-0.05, 0) is 17.7 Å². The van der Waals surface area contributed by atoms with Crippen molar-refractivity contribution in [2.45, 2.75) is 13.0 Å². The van der Waals surface area contributed by atoms with Gasteiger partial charge in [0, 0.05) is 23.4 Å². The molecule has 0 aliphatic carbocycles. The van der Waals surface area contributed by atoms with Crippen LogP contribution in [0.5, 0.6) is 0 Å². The molecule has 2 N–H and O–H groups in total. The van der Waals surface area contributed by atoms with Crippen LogP contribution in [0.25, 0.3) is 0 Å². The van der Waals surface area contributed by atoms with Crippen LogP contribution >= 0.6 is 47.8 Å². The van der Waals surface area contributed by atoms with E-state index in [0.29, 0.717) is 6.54 Å². The second-order valence-corrected chi connectivity index (χ2v) is 4.62. The van der Waals surface area contributed by atoms with E-state index >= 15 is 0 Å². The van der Waals surface area contributed by atoms with E-state index in [9.17, 15) is 0 Å². The molecule has 0 saturated carbocycles. The monoisotopic (exact) mass is 310 g/mol. The molecule has 0 aliphatic rings. The van der Waals surface area contributed by atoms with Crippen molar-refractivity contribution in [2.75, 3.05) is 0 Å². The molecule has 1 heterocycles. The van der Waals surface area contributed by atoms with Gasteiger partial charge in [-0.25, -0.2) is 4.98 Å². The summed E-state index contributed by atoms with van der Waals surface area (Å²) in [5.74, 6) is 0. The van der Waals surface area contributed by atoms with Crippen molar-refractivity contribution < 1.29 is 0 Å². The average Bonchev–Trinajstić information content (AvgIpc) is 2.69. The van der Waals surface area contributed by atoms with E-state index in [1.54, 1.807) is 11.3 Å². The van der Waals surface area contributed by atoms with Crippen molar-refractivity contribution in [1.29, 1.82) is 0 Å². The molecular weight excluding hydrogens is 299 g/mol. The van der Waals surface area contributed by atoms with E-state index in [2.05, 4.69) is 4.98 Å². The van der Waals surface area contributed by atoms with Crippen LogP contribution < -0.4 is 5.73 Å². The van der Waals surface area contributed by atoms with Crippen LogP contribution in [0.3, 0.4) is 0 Å². The molecule has 0 radical (unpaired) electrons. The molecule has 1 aromatic heterocycles. The maximum atomic E-state index is 5.81. The second kappa shape index (κ2) is 7.90. The van der Waals surface area contributed by atoms with E-state index < -0.39 is 0 Å². The summed E-state index contributed by atoms with van der Waals surface area (Å²) < 4.78 is 0. The van der Waals surface area contributed by atoms with Gasteiger partial charge in [-0.15, -0.1) is 36.2 Å². The lowest BCUT2D eigenvalue weighted by Gasteiger charge is -1.97. The van der Waals surface area contributed by atoms with E-state index in [-0.39, 0.29) is 24.8 Å². The van der Waals surface area contributed by atoms with Crippen LogP contribution in [-0.2, 0) is 13.0 Å². The summed E-state index contributed by atoms with van der Waals surface area (Å²) in [5, 5.41) is 3.86. The van der Waals surface area contributed by atoms with Gasteiger partial charge < -0.3 is 5.73 Å². The highest BCUT2D eigenvalue weighted by atomic mass is 35.5. The molecule has 0 amide bonds. The Kier molecular flexibility index (Phi) is 7.75. The van der Waals surface area contributed by atoms with E-state index in [0.717, 1.165) is 22.1 Å². The number of hydrogen-bond acceptors (Lipinski definition) is 3. The third-order valence-electron chi connectivity index (χ3n) is 2.08. The largest absolute Gasteiger partial charge is 0.325 e. The van der Waals surface area contributed by atoms with Crippen LogP contribution in [0.2, 0.25) is 5.02 Å². The Morgan fingerprint density at radius 1 is 1.18 bits per heavy atom. The quantitative estimate of drug-likeness (QED) is 0.939. The van der Waals surface area contributed by atoms with Crippen LogP contribution in [0.15, 0.2) is 29.6 Å². The molecule has 1 aromatic carbocycles. The van der Waals surface area contributed by atoms with E-state index in [1.165, 1.54) is 5.56 Å². The van der Waals surface area contributed by atoms with Crippen molar-refractivity contribution >= 4 is 47.8 Å². The lowest BCUT2D eigenvalue weighted by molar-refractivity contribution is 0.982. The van der Waals surface area contributed by atoms with Crippen molar-refractivity contribution in [2.24, 2.45) is 5.73 Å². The van der Waals surface area contributed by atoms with Gasteiger partial charge in [0.25, 0.3) is 0 Å². The summed E-state index contributed by atoms with van der Waals surface area (Å²) in [6, 6.07) is 7.83. The van der Waals surface area contributed by atoms with Gasteiger partial charge in [0.2, 0.25) is 0 Å². The number of rotatable bonds is 3. The minimum atomic E-state index is 0. The molecule has 2 nitrogen and oxygen atoms in total. The molecule has 0 atom stereocenters. The van der Waals surface area contributed by atoms with Crippen molar-refractivity contribution in [1.82, 2.24) is 4.98 Å². The average molecular weight is 312 g/mol. The zero-order chi connectivity index (χ0) is 10.7. The van der Waals surface area contributed by atoms with Crippen LogP contribution in [0.4, 0.5) is 0 Å². The molecule has 0 fully saturated rings. The number of aromatic nitrogens is 1. The topological polar surface area (TPSA) is 38.9 Å². The number of benzene rings is 1. The summed E-state index contributed by atoms with van der Waals surface area (Å²) in [7, 11) is 0.